The van der Waals surface area contributed by atoms with Crippen LogP contribution in [0.4, 0.5) is 0 Å². The number of ether oxygens (including phenoxy) is 1. The smallest absolute Gasteiger partial charge is 0.256 e. The Labute approximate surface area is 209 Å². The summed E-state index contributed by atoms with van der Waals surface area (Å²) >= 11 is 16.3. The summed E-state index contributed by atoms with van der Waals surface area (Å²) in [6, 6.07) is 13.5. The minimum Gasteiger partial charge on any atom is -0.472 e. The molecular formula is C25H19BrCl2N2O3. The maximum absolute atomic E-state index is 13.4. The fraction of sp³-hybridized carbons (Fsp3) is 0.200. The molecule has 0 radical (unpaired) electrons. The second kappa shape index (κ2) is 9.01. The van der Waals surface area contributed by atoms with E-state index < -0.39 is 0 Å². The van der Waals surface area contributed by atoms with Crippen LogP contribution >= 0.6 is 39.1 Å². The van der Waals surface area contributed by atoms with Gasteiger partial charge in [0.05, 0.1) is 34.7 Å². The summed E-state index contributed by atoms with van der Waals surface area (Å²) in [6.45, 7) is 3.05. The number of amides is 1. The highest BCUT2D eigenvalue weighted by molar-refractivity contribution is 9.10. The zero-order chi connectivity index (χ0) is 23.1. The van der Waals surface area contributed by atoms with Crippen LogP contribution < -0.4 is 4.74 Å². The maximum Gasteiger partial charge on any atom is 0.256 e. The minimum atomic E-state index is -0.182. The number of hydrogen-bond acceptors (Lipinski definition) is 4. The summed E-state index contributed by atoms with van der Waals surface area (Å²) in [5.74, 6) is 0.273. The number of rotatable bonds is 5. The number of nitrogens with zero attached hydrogens (tertiary/aromatic N) is 2. The van der Waals surface area contributed by atoms with Crippen LogP contribution in [-0.2, 0) is 19.6 Å². The molecule has 0 aliphatic carbocycles. The van der Waals surface area contributed by atoms with Crippen molar-refractivity contribution >= 4 is 56.0 Å². The molecule has 0 saturated carbocycles. The Bertz CT molecular complexity index is 1370. The topological polar surface area (TPSA) is 55.6 Å². The molecule has 0 fully saturated rings. The van der Waals surface area contributed by atoms with Gasteiger partial charge in [-0.3, -0.25) is 4.79 Å². The van der Waals surface area contributed by atoms with E-state index in [2.05, 4.69) is 15.9 Å². The van der Waals surface area contributed by atoms with Gasteiger partial charge in [-0.1, -0.05) is 53.5 Å². The van der Waals surface area contributed by atoms with E-state index in [9.17, 15) is 4.79 Å². The lowest BCUT2D eigenvalue weighted by molar-refractivity contribution is 0.0725. The quantitative estimate of drug-likeness (QED) is 0.254. The zero-order valence-corrected chi connectivity index (χ0v) is 20.8. The van der Waals surface area contributed by atoms with Gasteiger partial charge in [0.15, 0.2) is 0 Å². The van der Waals surface area contributed by atoms with Gasteiger partial charge in [0, 0.05) is 21.4 Å². The van der Waals surface area contributed by atoms with Crippen LogP contribution in [0.15, 0.2) is 57.6 Å². The van der Waals surface area contributed by atoms with Crippen molar-refractivity contribution in [3.8, 4) is 5.88 Å². The largest absolute Gasteiger partial charge is 0.472 e. The van der Waals surface area contributed by atoms with Gasteiger partial charge in [0.1, 0.15) is 12.2 Å². The number of aromatic nitrogens is 1. The summed E-state index contributed by atoms with van der Waals surface area (Å²) in [4.78, 5) is 19.9. The third-order valence-electron chi connectivity index (χ3n) is 5.83. The first-order chi connectivity index (χ1) is 15.9. The fourth-order valence-electron chi connectivity index (χ4n) is 4.14. The molecule has 3 heterocycles. The lowest BCUT2D eigenvalue weighted by atomic mass is 9.98. The summed E-state index contributed by atoms with van der Waals surface area (Å²) in [5, 5.41) is 1.80. The fourth-order valence-corrected chi connectivity index (χ4v) is 5.24. The third-order valence-corrected chi connectivity index (χ3v) is 7.41. The first-order valence-electron chi connectivity index (χ1n) is 10.4. The average molecular weight is 546 g/mol. The second-order valence-corrected chi connectivity index (χ2v) is 9.54. The lowest BCUT2D eigenvalue weighted by Gasteiger charge is -2.30. The van der Waals surface area contributed by atoms with Crippen molar-refractivity contribution in [1.82, 2.24) is 9.88 Å². The van der Waals surface area contributed by atoms with Crippen molar-refractivity contribution in [3.05, 3.63) is 91.2 Å². The number of hydrogen-bond donors (Lipinski definition) is 0. The molecule has 168 valence electrons. The highest BCUT2D eigenvalue weighted by Gasteiger charge is 2.31. The standard InChI is InChI=1S/C25H19BrCl2N2O3/c1-14-16-8-10-32-23(16)18(24(29-14)33-13-15-5-3-2-4-6-15)12-30-9-7-17-20(27)11-19(26)22(28)21(17)25(30)31/h2-6,8,10-11H,7,9,12-13H2,1H3. The van der Waals surface area contributed by atoms with Crippen molar-refractivity contribution in [2.24, 2.45) is 0 Å². The van der Waals surface area contributed by atoms with Gasteiger partial charge in [0.2, 0.25) is 5.88 Å². The number of pyridine rings is 1. The van der Waals surface area contributed by atoms with E-state index in [0.29, 0.717) is 51.1 Å². The molecule has 5 rings (SSSR count). The summed E-state index contributed by atoms with van der Waals surface area (Å²) < 4.78 is 12.5. The molecule has 4 aromatic rings. The van der Waals surface area contributed by atoms with Crippen LogP contribution in [0.3, 0.4) is 0 Å². The molecule has 2 aromatic heterocycles. The Morgan fingerprint density at radius 1 is 1.21 bits per heavy atom. The van der Waals surface area contributed by atoms with Crippen LogP contribution in [0.5, 0.6) is 5.88 Å². The van der Waals surface area contributed by atoms with E-state index in [-0.39, 0.29) is 12.5 Å². The van der Waals surface area contributed by atoms with Gasteiger partial charge in [-0.2, -0.15) is 0 Å². The number of fused-ring (bicyclic) bond motifs is 2. The Morgan fingerprint density at radius 2 is 2.00 bits per heavy atom. The van der Waals surface area contributed by atoms with Gasteiger partial charge < -0.3 is 14.1 Å². The molecule has 2 aromatic carbocycles. The number of aryl methyl sites for hydroxylation is 1. The van der Waals surface area contributed by atoms with E-state index in [4.69, 9.17) is 37.3 Å². The molecule has 0 N–H and O–H groups in total. The Hall–Kier alpha value is -2.54. The Kier molecular flexibility index (Phi) is 6.08. The average Bonchev–Trinajstić information content (AvgIpc) is 3.30. The number of benzene rings is 2. The summed E-state index contributed by atoms with van der Waals surface area (Å²) in [7, 11) is 0. The molecule has 1 aliphatic heterocycles. The highest BCUT2D eigenvalue weighted by atomic mass is 79.9. The SMILES string of the molecule is Cc1nc(OCc2ccccc2)c(CN2CCc3c(Cl)cc(Br)c(Cl)c3C2=O)c2occc12. The molecule has 0 bridgehead atoms. The number of halogens is 3. The molecule has 33 heavy (non-hydrogen) atoms. The van der Waals surface area contributed by atoms with Gasteiger partial charge in [-0.15, -0.1) is 0 Å². The van der Waals surface area contributed by atoms with Crippen molar-refractivity contribution in [3.63, 3.8) is 0 Å². The first-order valence-corrected chi connectivity index (χ1v) is 12.0. The third kappa shape index (κ3) is 4.12. The molecule has 5 nitrogen and oxygen atoms in total. The van der Waals surface area contributed by atoms with Crippen LogP contribution in [-0.4, -0.2) is 22.3 Å². The van der Waals surface area contributed by atoms with Crippen LogP contribution in [0.2, 0.25) is 10.0 Å². The molecule has 0 unspecified atom stereocenters. The number of furan rings is 1. The van der Waals surface area contributed by atoms with Gasteiger partial charge in [0.25, 0.3) is 5.91 Å². The van der Waals surface area contributed by atoms with Crippen LogP contribution in [0.1, 0.15) is 32.7 Å². The summed E-state index contributed by atoms with van der Waals surface area (Å²) in [6.07, 6.45) is 2.23. The molecule has 1 aliphatic rings. The van der Waals surface area contributed by atoms with E-state index in [1.807, 2.05) is 43.3 Å². The minimum absolute atomic E-state index is 0.182. The molecular weight excluding hydrogens is 527 g/mol. The van der Waals surface area contributed by atoms with Crippen LogP contribution in [0, 0.1) is 6.92 Å². The number of carbonyl (C=O) groups is 1. The van der Waals surface area contributed by atoms with E-state index in [1.165, 1.54) is 0 Å². The molecule has 1 amide bonds. The normalized spacial score (nSPS) is 13.5. The van der Waals surface area contributed by atoms with Crippen molar-refractivity contribution in [1.29, 1.82) is 0 Å². The number of carbonyl (C=O) groups excluding carboxylic acids is 1. The van der Waals surface area contributed by atoms with Crippen molar-refractivity contribution in [2.75, 3.05) is 6.54 Å². The predicted molar refractivity (Wildman–Crippen MR) is 132 cm³/mol. The Morgan fingerprint density at radius 3 is 2.79 bits per heavy atom. The monoisotopic (exact) mass is 544 g/mol. The molecule has 0 spiro atoms. The molecule has 0 saturated heterocycles. The van der Waals surface area contributed by atoms with E-state index in [0.717, 1.165) is 27.8 Å². The molecule has 8 heteroatoms. The summed E-state index contributed by atoms with van der Waals surface area (Å²) in [5.41, 5.74) is 4.44. The zero-order valence-electron chi connectivity index (χ0n) is 17.7. The maximum atomic E-state index is 13.4. The predicted octanol–water partition coefficient (Wildman–Crippen LogP) is 6.98. The first kappa shape index (κ1) is 22.3. The van der Waals surface area contributed by atoms with Gasteiger partial charge in [-0.25, -0.2) is 4.98 Å². The second-order valence-electron chi connectivity index (χ2n) is 7.90. The lowest BCUT2D eigenvalue weighted by Crippen LogP contribution is -2.37. The van der Waals surface area contributed by atoms with Gasteiger partial charge >= 0.3 is 0 Å². The van der Waals surface area contributed by atoms with Crippen molar-refractivity contribution in [2.45, 2.75) is 26.5 Å². The Balaban J connectivity index is 1.51. The van der Waals surface area contributed by atoms with E-state index in [1.54, 1.807) is 17.2 Å². The van der Waals surface area contributed by atoms with Gasteiger partial charge in [-0.05, 0) is 52.5 Å². The molecule has 0 atom stereocenters. The van der Waals surface area contributed by atoms with Crippen LogP contribution in [0.25, 0.3) is 11.0 Å². The highest BCUT2D eigenvalue weighted by Crippen LogP contribution is 2.38. The van der Waals surface area contributed by atoms with E-state index >= 15 is 0 Å². The van der Waals surface area contributed by atoms with Crippen molar-refractivity contribution < 1.29 is 13.9 Å².